The van der Waals surface area contributed by atoms with Gasteiger partial charge in [-0.15, -0.1) is 11.3 Å². The third-order valence-electron chi connectivity index (χ3n) is 5.44. The van der Waals surface area contributed by atoms with E-state index in [0.29, 0.717) is 17.4 Å². The van der Waals surface area contributed by atoms with Crippen molar-refractivity contribution in [2.24, 2.45) is 0 Å². The maximum atomic E-state index is 12.7. The summed E-state index contributed by atoms with van der Waals surface area (Å²) in [6.07, 6.45) is 5.46. The first kappa shape index (κ1) is 21.4. The van der Waals surface area contributed by atoms with Crippen molar-refractivity contribution in [3.63, 3.8) is 0 Å². The smallest absolute Gasteiger partial charge is 0.246 e. The van der Waals surface area contributed by atoms with Crippen LogP contribution >= 0.6 is 11.3 Å². The summed E-state index contributed by atoms with van der Waals surface area (Å²) in [7, 11) is 1.62. The summed E-state index contributed by atoms with van der Waals surface area (Å²) in [5.41, 5.74) is 1.98. The minimum Gasteiger partial charge on any atom is -0.493 e. The number of thiazole rings is 1. The highest BCUT2D eigenvalue weighted by Crippen LogP contribution is 2.34. The summed E-state index contributed by atoms with van der Waals surface area (Å²) in [5.74, 6) is 1.85. The molecule has 5 nitrogen and oxygen atoms in total. The van der Waals surface area contributed by atoms with Gasteiger partial charge in [-0.3, -0.25) is 4.79 Å². The highest BCUT2D eigenvalue weighted by atomic mass is 32.1. The number of aromatic nitrogens is 1. The Kier molecular flexibility index (Phi) is 6.56. The molecule has 0 N–H and O–H groups in total. The summed E-state index contributed by atoms with van der Waals surface area (Å²) in [4.78, 5) is 19.4. The van der Waals surface area contributed by atoms with E-state index in [1.807, 2.05) is 49.1 Å². The number of fused-ring (bicyclic) bond motifs is 1. The van der Waals surface area contributed by atoms with Crippen LogP contribution in [0.25, 0.3) is 16.3 Å². The van der Waals surface area contributed by atoms with Gasteiger partial charge in [0.25, 0.3) is 0 Å². The molecule has 0 bridgehead atoms. The summed E-state index contributed by atoms with van der Waals surface area (Å²) < 4.78 is 12.4. The van der Waals surface area contributed by atoms with Crippen LogP contribution in [0.3, 0.4) is 0 Å². The largest absolute Gasteiger partial charge is 0.493 e. The highest BCUT2D eigenvalue weighted by Gasteiger charge is 2.25. The molecule has 1 amide bonds. The molecule has 6 heteroatoms. The van der Waals surface area contributed by atoms with Gasteiger partial charge < -0.3 is 14.4 Å². The third-order valence-corrected chi connectivity index (χ3v) is 6.63. The fraction of sp³-hybridized carbons (Fsp3) is 0.360. The Labute approximate surface area is 187 Å². The number of benzene rings is 2. The van der Waals surface area contributed by atoms with Gasteiger partial charge in [0.1, 0.15) is 0 Å². The van der Waals surface area contributed by atoms with E-state index in [2.05, 4.69) is 18.2 Å². The van der Waals surface area contributed by atoms with Crippen LogP contribution in [0.5, 0.6) is 11.5 Å². The predicted molar refractivity (Wildman–Crippen MR) is 126 cm³/mol. The highest BCUT2D eigenvalue weighted by molar-refractivity contribution is 7.18. The van der Waals surface area contributed by atoms with E-state index in [1.165, 1.54) is 9.71 Å². The average molecular weight is 437 g/mol. The molecule has 162 valence electrons. The van der Waals surface area contributed by atoms with Gasteiger partial charge in [-0.1, -0.05) is 18.2 Å². The van der Waals surface area contributed by atoms with E-state index in [0.717, 1.165) is 37.0 Å². The van der Waals surface area contributed by atoms with Gasteiger partial charge >= 0.3 is 0 Å². The monoisotopic (exact) mass is 436 g/mol. The van der Waals surface area contributed by atoms with Gasteiger partial charge in [-0.05, 0) is 62.6 Å². The first-order valence-electron chi connectivity index (χ1n) is 10.7. The molecule has 1 aliphatic rings. The second-order valence-electron chi connectivity index (χ2n) is 8.03. The molecule has 4 rings (SSSR count). The molecule has 1 aromatic heterocycles. The van der Waals surface area contributed by atoms with E-state index in [1.54, 1.807) is 24.5 Å². The first-order valence-corrected chi connectivity index (χ1v) is 11.5. The van der Waals surface area contributed by atoms with Crippen LogP contribution in [-0.4, -0.2) is 42.1 Å². The van der Waals surface area contributed by atoms with Gasteiger partial charge in [0.15, 0.2) is 11.5 Å². The molecule has 1 saturated heterocycles. The molecule has 0 spiro atoms. The van der Waals surface area contributed by atoms with Gasteiger partial charge in [-0.2, -0.15) is 0 Å². The lowest BCUT2D eigenvalue weighted by Gasteiger charge is -2.30. The van der Waals surface area contributed by atoms with Gasteiger partial charge in [0, 0.05) is 25.1 Å². The molecule has 0 radical (unpaired) electrons. The number of hydrogen-bond acceptors (Lipinski definition) is 5. The van der Waals surface area contributed by atoms with E-state index in [-0.39, 0.29) is 12.0 Å². The molecule has 0 unspecified atom stereocenters. The SMILES string of the molecule is COc1cc(/C=C/C(=O)N2CCC(c3nc4ccccc4s3)CC2)ccc1OC(C)C. The fourth-order valence-electron chi connectivity index (χ4n) is 3.82. The second kappa shape index (κ2) is 9.52. The van der Waals surface area contributed by atoms with Crippen LogP contribution < -0.4 is 9.47 Å². The number of methoxy groups -OCH3 is 1. The van der Waals surface area contributed by atoms with Crippen molar-refractivity contribution in [1.82, 2.24) is 9.88 Å². The molecule has 1 aliphatic heterocycles. The number of piperidine rings is 1. The lowest BCUT2D eigenvalue weighted by Crippen LogP contribution is -2.36. The molecule has 0 aliphatic carbocycles. The van der Waals surface area contributed by atoms with Crippen LogP contribution in [0.2, 0.25) is 0 Å². The molecule has 1 fully saturated rings. The molecule has 31 heavy (non-hydrogen) atoms. The molecule has 3 aromatic rings. The summed E-state index contributed by atoms with van der Waals surface area (Å²) in [6.45, 7) is 5.47. The Morgan fingerprint density at radius 3 is 2.65 bits per heavy atom. The van der Waals surface area contributed by atoms with Crippen molar-refractivity contribution in [1.29, 1.82) is 0 Å². The van der Waals surface area contributed by atoms with Crippen molar-refractivity contribution in [3.8, 4) is 11.5 Å². The fourth-order valence-corrected chi connectivity index (χ4v) is 4.96. The second-order valence-corrected chi connectivity index (χ2v) is 9.09. The Morgan fingerprint density at radius 1 is 1.16 bits per heavy atom. The van der Waals surface area contributed by atoms with E-state index in [9.17, 15) is 4.79 Å². The number of rotatable bonds is 6. The minimum atomic E-state index is 0.0456. The Bertz CT molecular complexity index is 1050. The Morgan fingerprint density at radius 2 is 1.94 bits per heavy atom. The van der Waals surface area contributed by atoms with Crippen LogP contribution in [0.4, 0.5) is 0 Å². The lowest BCUT2D eigenvalue weighted by molar-refractivity contribution is -0.126. The first-order chi connectivity index (χ1) is 15.0. The van der Waals surface area contributed by atoms with Crippen LogP contribution in [0.1, 0.15) is 43.2 Å². The normalized spacial score (nSPS) is 15.2. The quantitative estimate of drug-likeness (QED) is 0.478. The Hall–Kier alpha value is -2.86. The van der Waals surface area contributed by atoms with E-state index < -0.39 is 0 Å². The van der Waals surface area contributed by atoms with Crippen molar-refractivity contribution in [2.45, 2.75) is 38.7 Å². The summed E-state index contributed by atoms with van der Waals surface area (Å²) >= 11 is 1.78. The number of likely N-dealkylation sites (tertiary alicyclic amines) is 1. The number of ether oxygens (including phenoxy) is 2. The van der Waals surface area contributed by atoms with Crippen molar-refractivity contribution in [2.75, 3.05) is 20.2 Å². The van der Waals surface area contributed by atoms with Crippen LogP contribution in [0.15, 0.2) is 48.5 Å². The maximum absolute atomic E-state index is 12.7. The topological polar surface area (TPSA) is 51.7 Å². The number of carbonyl (C=O) groups excluding carboxylic acids is 1. The number of carbonyl (C=O) groups is 1. The Balaban J connectivity index is 1.36. The molecule has 2 heterocycles. The molecule has 0 atom stereocenters. The van der Waals surface area contributed by atoms with Gasteiger partial charge in [0.2, 0.25) is 5.91 Å². The number of nitrogens with zero attached hydrogens (tertiary/aromatic N) is 2. The number of amides is 1. The van der Waals surface area contributed by atoms with Crippen molar-refractivity contribution < 1.29 is 14.3 Å². The molecule has 0 saturated carbocycles. The lowest BCUT2D eigenvalue weighted by atomic mass is 9.97. The number of hydrogen-bond donors (Lipinski definition) is 0. The van der Waals surface area contributed by atoms with Crippen LogP contribution in [-0.2, 0) is 4.79 Å². The molecule has 2 aromatic carbocycles. The van der Waals surface area contributed by atoms with E-state index >= 15 is 0 Å². The standard InChI is InChI=1S/C25H28N2O3S/c1-17(2)30-21-10-8-18(16-22(21)29-3)9-11-24(28)27-14-12-19(13-15-27)25-26-20-6-4-5-7-23(20)31-25/h4-11,16-17,19H,12-15H2,1-3H3/b11-9+. The minimum absolute atomic E-state index is 0.0456. The maximum Gasteiger partial charge on any atom is 0.246 e. The van der Waals surface area contributed by atoms with Gasteiger partial charge in [0.05, 0.1) is 28.4 Å². The van der Waals surface area contributed by atoms with Gasteiger partial charge in [-0.25, -0.2) is 4.98 Å². The molecular formula is C25H28N2O3S. The third kappa shape index (κ3) is 5.07. The zero-order valence-electron chi connectivity index (χ0n) is 18.2. The zero-order valence-corrected chi connectivity index (χ0v) is 19.0. The number of para-hydroxylation sites is 1. The molecular weight excluding hydrogens is 408 g/mol. The zero-order chi connectivity index (χ0) is 21.8. The summed E-state index contributed by atoms with van der Waals surface area (Å²) in [5, 5.41) is 1.19. The summed E-state index contributed by atoms with van der Waals surface area (Å²) in [6, 6.07) is 14.0. The predicted octanol–water partition coefficient (Wildman–Crippen LogP) is 5.51. The van der Waals surface area contributed by atoms with Crippen molar-refractivity contribution >= 4 is 33.5 Å². The van der Waals surface area contributed by atoms with Crippen LogP contribution in [0, 0.1) is 0 Å². The van der Waals surface area contributed by atoms with Crippen molar-refractivity contribution in [3.05, 3.63) is 59.1 Å². The average Bonchev–Trinajstić information content (AvgIpc) is 3.22. The van der Waals surface area contributed by atoms with E-state index in [4.69, 9.17) is 14.5 Å².